The Morgan fingerprint density at radius 3 is 2.33 bits per heavy atom. The minimum atomic E-state index is -0.590. The molecule has 0 radical (unpaired) electrons. The largest absolute Gasteiger partial charge is 0.508 e. The lowest BCUT2D eigenvalue weighted by Gasteiger charge is -2.48. The quantitative estimate of drug-likeness (QED) is 0.228. The SMILES string of the molecule is O=C1CC[C@H](N2Cc3cc(N4CCN(CC5CCN(c6ccc([C@@H]7c8ccc(O)cc8CO[C@]78CCCc7ccccc78)cc6)CC5)CC4)ccc3C2=O)C(=O)N1. The molecule has 0 bridgehead atoms. The Morgan fingerprint density at radius 2 is 1.53 bits per heavy atom. The van der Waals surface area contributed by atoms with Crippen molar-refractivity contribution in [1.82, 2.24) is 15.1 Å². The van der Waals surface area contributed by atoms with Crippen LogP contribution in [0.5, 0.6) is 5.75 Å². The standard InChI is InChI=1S/C47H51N5O5/c53-38-12-14-39-35(27-38)30-57-47(19-3-5-32-4-1-2-6-41(32)47)44(39)33-7-9-36(10-8-33)50-20-17-31(18-21-50)28-49-22-24-51(25-23-49)37-11-13-40-34(26-37)29-52(46(40)56)42-15-16-43(54)48-45(42)55/h1-2,4,6-14,26-27,31,42,44,53H,3,5,15-25,28-30H2,(H,48,54,55)/t42-,44+,47-/m0/s1. The Hall–Kier alpha value is -5.19. The van der Waals surface area contributed by atoms with Crippen LogP contribution in [0.3, 0.4) is 0 Å². The lowest BCUT2D eigenvalue weighted by Crippen LogP contribution is -2.52. The summed E-state index contributed by atoms with van der Waals surface area (Å²) in [5.41, 5.74) is 9.90. The molecule has 5 heterocycles. The summed E-state index contributed by atoms with van der Waals surface area (Å²) in [6.07, 6.45) is 6.14. The number of carbonyl (C=O) groups excluding carboxylic acids is 3. The average Bonchev–Trinajstić information content (AvgIpc) is 3.56. The van der Waals surface area contributed by atoms with Crippen molar-refractivity contribution < 1.29 is 24.2 Å². The number of aromatic hydroxyl groups is 1. The number of imide groups is 1. The number of nitrogens with one attached hydrogen (secondary N) is 1. The number of nitrogens with zero attached hydrogens (tertiary/aromatic N) is 4. The molecule has 1 aliphatic carbocycles. The molecule has 5 aliphatic heterocycles. The maximum atomic E-state index is 13.2. The molecule has 294 valence electrons. The van der Waals surface area contributed by atoms with Gasteiger partial charge in [-0.3, -0.25) is 24.6 Å². The molecule has 4 aromatic rings. The van der Waals surface area contributed by atoms with Crippen molar-refractivity contribution in [2.24, 2.45) is 5.92 Å². The summed E-state index contributed by atoms with van der Waals surface area (Å²) in [4.78, 5) is 46.5. The first-order chi connectivity index (χ1) is 27.8. The van der Waals surface area contributed by atoms with Gasteiger partial charge in [0, 0.05) is 81.6 Å². The minimum Gasteiger partial charge on any atom is -0.508 e. The summed E-state index contributed by atoms with van der Waals surface area (Å²) in [6.45, 7) is 8.06. The van der Waals surface area contributed by atoms with Crippen molar-refractivity contribution in [2.75, 3.05) is 55.6 Å². The van der Waals surface area contributed by atoms with E-state index in [0.717, 1.165) is 81.9 Å². The number of piperidine rings is 2. The van der Waals surface area contributed by atoms with Gasteiger partial charge in [-0.05, 0) is 120 Å². The summed E-state index contributed by atoms with van der Waals surface area (Å²) < 4.78 is 6.92. The first-order valence-electron chi connectivity index (χ1n) is 21.0. The summed E-state index contributed by atoms with van der Waals surface area (Å²) in [5, 5.41) is 12.7. The molecule has 10 heteroatoms. The Kier molecular flexibility index (Phi) is 9.29. The number of phenols is 1. The topological polar surface area (TPSA) is 106 Å². The molecule has 10 nitrogen and oxygen atoms in total. The van der Waals surface area contributed by atoms with Crippen molar-refractivity contribution in [2.45, 2.75) is 75.7 Å². The van der Waals surface area contributed by atoms with Gasteiger partial charge in [0.15, 0.2) is 0 Å². The summed E-state index contributed by atoms with van der Waals surface area (Å²) in [7, 11) is 0. The fourth-order valence-electron chi connectivity index (χ4n) is 10.8. The Bertz CT molecular complexity index is 2210. The van der Waals surface area contributed by atoms with Gasteiger partial charge in [0.05, 0.1) is 6.61 Å². The van der Waals surface area contributed by atoms with E-state index in [1.54, 1.807) is 4.90 Å². The highest BCUT2D eigenvalue weighted by molar-refractivity contribution is 6.05. The number of phenolic OH excluding ortho intramolecular Hbond substituents is 1. The number of fused-ring (bicyclic) bond motifs is 4. The second kappa shape index (κ2) is 14.6. The van der Waals surface area contributed by atoms with Crippen LogP contribution in [0.15, 0.2) is 84.9 Å². The second-order valence-corrected chi connectivity index (χ2v) is 17.1. The van der Waals surface area contributed by atoms with Gasteiger partial charge in [-0.25, -0.2) is 0 Å². The number of aryl methyl sites for hydroxylation is 1. The molecule has 1 spiro atoms. The zero-order valence-corrected chi connectivity index (χ0v) is 32.5. The van der Waals surface area contributed by atoms with E-state index < -0.39 is 11.6 Å². The summed E-state index contributed by atoms with van der Waals surface area (Å²) in [6, 6.07) is 29.4. The molecule has 0 unspecified atom stereocenters. The molecule has 2 N–H and O–H groups in total. The van der Waals surface area contributed by atoms with E-state index >= 15 is 0 Å². The maximum absolute atomic E-state index is 13.2. The van der Waals surface area contributed by atoms with E-state index in [4.69, 9.17) is 4.74 Å². The highest BCUT2D eigenvalue weighted by Crippen LogP contribution is 2.55. The van der Waals surface area contributed by atoms with Crippen LogP contribution < -0.4 is 15.1 Å². The first-order valence-corrected chi connectivity index (χ1v) is 21.0. The van der Waals surface area contributed by atoms with Gasteiger partial charge in [-0.2, -0.15) is 0 Å². The lowest BCUT2D eigenvalue weighted by molar-refractivity contribution is -0.136. The van der Waals surface area contributed by atoms with Crippen LogP contribution in [0.1, 0.15) is 88.2 Å². The van der Waals surface area contributed by atoms with Crippen molar-refractivity contribution in [3.63, 3.8) is 0 Å². The molecule has 3 amide bonds. The average molecular weight is 766 g/mol. The van der Waals surface area contributed by atoms with Crippen LogP contribution in [0.25, 0.3) is 0 Å². The van der Waals surface area contributed by atoms with Crippen molar-refractivity contribution >= 4 is 29.1 Å². The van der Waals surface area contributed by atoms with Crippen molar-refractivity contribution in [3.8, 4) is 5.75 Å². The van der Waals surface area contributed by atoms with Gasteiger partial charge < -0.3 is 24.5 Å². The zero-order chi connectivity index (χ0) is 38.7. The highest BCUT2D eigenvalue weighted by atomic mass is 16.5. The third-order valence-electron chi connectivity index (χ3n) is 13.8. The molecule has 10 rings (SSSR count). The smallest absolute Gasteiger partial charge is 0.255 e. The van der Waals surface area contributed by atoms with Crippen LogP contribution in [0.2, 0.25) is 0 Å². The predicted octanol–water partition coefficient (Wildman–Crippen LogP) is 6.09. The van der Waals surface area contributed by atoms with E-state index in [2.05, 4.69) is 80.7 Å². The van der Waals surface area contributed by atoms with E-state index in [1.165, 1.54) is 40.8 Å². The van der Waals surface area contributed by atoms with Crippen molar-refractivity contribution in [3.05, 3.63) is 124 Å². The highest BCUT2D eigenvalue weighted by Gasteiger charge is 2.49. The number of piperazine rings is 1. The monoisotopic (exact) mass is 765 g/mol. The third kappa shape index (κ3) is 6.56. The third-order valence-corrected chi connectivity index (χ3v) is 13.8. The van der Waals surface area contributed by atoms with Gasteiger partial charge in [-0.15, -0.1) is 0 Å². The van der Waals surface area contributed by atoms with Gasteiger partial charge >= 0.3 is 0 Å². The van der Waals surface area contributed by atoms with Crippen LogP contribution in [-0.4, -0.2) is 84.5 Å². The molecule has 3 atom stereocenters. The number of carbonyl (C=O) groups is 3. The van der Waals surface area contributed by atoms with Crippen LogP contribution in [-0.2, 0) is 39.5 Å². The van der Waals surface area contributed by atoms with Crippen LogP contribution >= 0.6 is 0 Å². The molecule has 0 saturated carbocycles. The van der Waals surface area contributed by atoms with E-state index in [1.807, 2.05) is 24.3 Å². The molecular weight excluding hydrogens is 715 g/mol. The van der Waals surface area contributed by atoms with Crippen LogP contribution in [0, 0.1) is 5.92 Å². The molecule has 0 aromatic heterocycles. The molecular formula is C47H51N5O5. The van der Waals surface area contributed by atoms with Crippen LogP contribution in [0.4, 0.5) is 11.4 Å². The second-order valence-electron chi connectivity index (χ2n) is 17.1. The lowest BCUT2D eigenvalue weighted by atomic mass is 9.65. The molecule has 6 aliphatic rings. The zero-order valence-electron chi connectivity index (χ0n) is 32.5. The summed E-state index contributed by atoms with van der Waals surface area (Å²) >= 11 is 0. The number of hydrogen-bond donors (Lipinski definition) is 2. The Balaban J connectivity index is 0.753. The number of rotatable bonds is 6. The first kappa shape index (κ1) is 36.2. The number of hydrogen-bond acceptors (Lipinski definition) is 8. The molecule has 3 saturated heterocycles. The molecule has 4 aromatic carbocycles. The number of benzene rings is 4. The molecule has 3 fully saturated rings. The number of amides is 3. The number of anilines is 2. The fraction of sp³-hybridized carbons (Fsp3) is 0.426. The maximum Gasteiger partial charge on any atom is 0.255 e. The van der Waals surface area contributed by atoms with Gasteiger partial charge in [-0.1, -0.05) is 42.5 Å². The predicted molar refractivity (Wildman–Crippen MR) is 218 cm³/mol. The minimum absolute atomic E-state index is 0.0470. The van der Waals surface area contributed by atoms with Gasteiger partial charge in [0.1, 0.15) is 17.4 Å². The van der Waals surface area contributed by atoms with Crippen molar-refractivity contribution in [1.29, 1.82) is 0 Å². The fourth-order valence-corrected chi connectivity index (χ4v) is 10.8. The summed E-state index contributed by atoms with van der Waals surface area (Å²) in [5.74, 6) is 0.245. The van der Waals surface area contributed by atoms with Gasteiger partial charge in [0.2, 0.25) is 11.8 Å². The number of ether oxygens (including phenoxy) is 1. The molecule has 57 heavy (non-hydrogen) atoms. The normalized spacial score (nSPS) is 25.3. The Morgan fingerprint density at radius 1 is 0.754 bits per heavy atom. The van der Waals surface area contributed by atoms with E-state index in [0.29, 0.717) is 31.1 Å². The Labute approximate surface area is 334 Å². The van der Waals surface area contributed by atoms with E-state index in [-0.39, 0.29) is 35.8 Å². The van der Waals surface area contributed by atoms with Gasteiger partial charge in [0.25, 0.3) is 5.91 Å². The van der Waals surface area contributed by atoms with E-state index in [9.17, 15) is 19.5 Å².